The van der Waals surface area contributed by atoms with Crippen LogP contribution in [0.2, 0.25) is 5.02 Å². The van der Waals surface area contributed by atoms with Gasteiger partial charge in [0, 0.05) is 6.04 Å². The van der Waals surface area contributed by atoms with Crippen molar-refractivity contribution in [1.82, 2.24) is 0 Å². The maximum atomic E-state index is 12.3. The largest absolute Gasteiger partial charge is 0.417 e. The summed E-state index contributed by atoms with van der Waals surface area (Å²) in [5, 5.41) is -0.313. The zero-order valence-electron chi connectivity index (χ0n) is 7.81. The molecule has 0 aliphatic carbocycles. The fraction of sp³-hybridized carbons (Fsp3) is 0.333. The second kappa shape index (κ2) is 5.05. The van der Waals surface area contributed by atoms with Crippen LogP contribution in [-0.4, -0.2) is 0 Å². The van der Waals surface area contributed by atoms with Crippen molar-refractivity contribution in [3.63, 3.8) is 0 Å². The topological polar surface area (TPSA) is 26.0 Å². The fourth-order valence-corrected chi connectivity index (χ4v) is 1.34. The van der Waals surface area contributed by atoms with Crippen molar-refractivity contribution in [2.24, 2.45) is 5.73 Å². The van der Waals surface area contributed by atoms with Crippen LogP contribution in [0.3, 0.4) is 0 Å². The lowest BCUT2D eigenvalue weighted by atomic mass is 10.1. The van der Waals surface area contributed by atoms with Gasteiger partial charge in [-0.05, 0) is 24.6 Å². The van der Waals surface area contributed by atoms with E-state index in [-0.39, 0.29) is 23.5 Å². The van der Waals surface area contributed by atoms with E-state index < -0.39 is 11.7 Å². The number of hydrogen-bond donors (Lipinski definition) is 1. The van der Waals surface area contributed by atoms with E-state index in [1.54, 1.807) is 6.92 Å². The van der Waals surface area contributed by atoms with Gasteiger partial charge in [0.1, 0.15) is 0 Å². The molecule has 0 radical (unpaired) electrons. The molecule has 1 atom stereocenters. The van der Waals surface area contributed by atoms with E-state index in [0.29, 0.717) is 5.56 Å². The maximum Gasteiger partial charge on any atom is 0.417 e. The Labute approximate surface area is 96.8 Å². The van der Waals surface area contributed by atoms with E-state index in [4.69, 9.17) is 17.3 Å². The summed E-state index contributed by atoms with van der Waals surface area (Å²) in [6, 6.07) is 3.20. The molecule has 0 unspecified atom stereocenters. The standard InChI is InChI=1S/C9H9ClF3N.ClH/c1-5(14)6-2-3-7(8(10)4-6)9(11,12)13;/h2-5H,14H2,1H3;1H/t5-;/m1./s1. The lowest BCUT2D eigenvalue weighted by Gasteiger charge is -2.11. The molecule has 0 heterocycles. The molecular weight excluding hydrogens is 250 g/mol. The van der Waals surface area contributed by atoms with Crippen molar-refractivity contribution >= 4 is 24.0 Å². The molecule has 86 valence electrons. The summed E-state index contributed by atoms with van der Waals surface area (Å²) >= 11 is 5.48. The van der Waals surface area contributed by atoms with E-state index in [0.717, 1.165) is 6.07 Å². The summed E-state index contributed by atoms with van der Waals surface area (Å²) < 4.78 is 36.8. The number of hydrogen-bond acceptors (Lipinski definition) is 1. The van der Waals surface area contributed by atoms with E-state index >= 15 is 0 Å². The minimum absolute atomic E-state index is 0. The van der Waals surface area contributed by atoms with Crippen LogP contribution in [0, 0.1) is 0 Å². The number of rotatable bonds is 1. The van der Waals surface area contributed by atoms with Crippen LogP contribution in [0.5, 0.6) is 0 Å². The number of alkyl halides is 3. The minimum Gasteiger partial charge on any atom is -0.324 e. The lowest BCUT2D eigenvalue weighted by Crippen LogP contribution is -2.09. The number of nitrogens with two attached hydrogens (primary N) is 1. The Kier molecular flexibility index (Phi) is 4.90. The van der Waals surface area contributed by atoms with Crippen LogP contribution in [-0.2, 0) is 6.18 Å². The molecule has 0 aliphatic heterocycles. The van der Waals surface area contributed by atoms with Crippen LogP contribution in [0.25, 0.3) is 0 Å². The normalized spacial score (nSPS) is 13.2. The highest BCUT2D eigenvalue weighted by atomic mass is 35.5. The van der Waals surface area contributed by atoms with Crippen molar-refractivity contribution < 1.29 is 13.2 Å². The van der Waals surface area contributed by atoms with Gasteiger partial charge in [0.2, 0.25) is 0 Å². The summed E-state index contributed by atoms with van der Waals surface area (Å²) in [4.78, 5) is 0. The first-order chi connectivity index (χ1) is 6.32. The first kappa shape index (κ1) is 14.5. The molecule has 1 aromatic rings. The van der Waals surface area contributed by atoms with Gasteiger partial charge in [0.25, 0.3) is 0 Å². The van der Waals surface area contributed by atoms with E-state index in [2.05, 4.69) is 0 Å². The highest BCUT2D eigenvalue weighted by Gasteiger charge is 2.33. The quantitative estimate of drug-likeness (QED) is 0.816. The van der Waals surface area contributed by atoms with Gasteiger partial charge < -0.3 is 5.73 Å². The molecule has 1 nitrogen and oxygen atoms in total. The molecule has 0 aromatic heterocycles. The lowest BCUT2D eigenvalue weighted by molar-refractivity contribution is -0.137. The van der Waals surface area contributed by atoms with Gasteiger partial charge >= 0.3 is 6.18 Å². The van der Waals surface area contributed by atoms with Gasteiger partial charge in [-0.25, -0.2) is 0 Å². The Morgan fingerprint density at radius 3 is 2.20 bits per heavy atom. The maximum absolute atomic E-state index is 12.3. The molecule has 2 N–H and O–H groups in total. The Morgan fingerprint density at radius 2 is 1.87 bits per heavy atom. The first-order valence-corrected chi connectivity index (χ1v) is 4.32. The van der Waals surface area contributed by atoms with Gasteiger partial charge in [0.05, 0.1) is 10.6 Å². The zero-order valence-corrected chi connectivity index (χ0v) is 9.38. The monoisotopic (exact) mass is 259 g/mol. The molecule has 1 rings (SSSR count). The van der Waals surface area contributed by atoms with Crippen LogP contribution in [0.4, 0.5) is 13.2 Å². The highest BCUT2D eigenvalue weighted by molar-refractivity contribution is 6.31. The minimum atomic E-state index is -4.41. The smallest absolute Gasteiger partial charge is 0.324 e. The van der Waals surface area contributed by atoms with Gasteiger partial charge in [-0.15, -0.1) is 12.4 Å². The Hall–Kier alpha value is -0.450. The molecule has 0 saturated heterocycles. The number of halogens is 5. The van der Waals surface area contributed by atoms with Crippen molar-refractivity contribution in [3.8, 4) is 0 Å². The van der Waals surface area contributed by atoms with Crippen molar-refractivity contribution in [2.75, 3.05) is 0 Å². The van der Waals surface area contributed by atoms with Crippen LogP contribution >= 0.6 is 24.0 Å². The second-order valence-electron chi connectivity index (χ2n) is 3.03. The number of benzene rings is 1. The van der Waals surface area contributed by atoms with E-state index in [9.17, 15) is 13.2 Å². The highest BCUT2D eigenvalue weighted by Crippen LogP contribution is 2.35. The molecule has 15 heavy (non-hydrogen) atoms. The molecule has 6 heteroatoms. The first-order valence-electron chi connectivity index (χ1n) is 3.94. The molecule has 1 aromatic carbocycles. The molecule has 0 fully saturated rings. The van der Waals surface area contributed by atoms with Crippen molar-refractivity contribution in [2.45, 2.75) is 19.1 Å². The Bertz CT molecular complexity index is 337. The van der Waals surface area contributed by atoms with Crippen molar-refractivity contribution in [3.05, 3.63) is 34.3 Å². The summed E-state index contributed by atoms with van der Waals surface area (Å²) in [6.45, 7) is 1.68. The molecule has 0 saturated carbocycles. The fourth-order valence-electron chi connectivity index (χ4n) is 1.04. The average Bonchev–Trinajstić information content (AvgIpc) is 2.01. The predicted octanol–water partition coefficient (Wildman–Crippen LogP) is 3.80. The van der Waals surface area contributed by atoms with Gasteiger partial charge in [-0.1, -0.05) is 17.7 Å². The third-order valence-electron chi connectivity index (χ3n) is 1.82. The van der Waals surface area contributed by atoms with Crippen LogP contribution < -0.4 is 5.73 Å². The SMILES string of the molecule is C[C@@H](N)c1ccc(C(F)(F)F)c(Cl)c1.Cl. The summed E-state index contributed by atoms with van der Waals surface area (Å²) in [6.07, 6.45) is -4.41. The van der Waals surface area contributed by atoms with Crippen LogP contribution in [0.15, 0.2) is 18.2 Å². The molecule has 0 aliphatic rings. The zero-order chi connectivity index (χ0) is 10.9. The van der Waals surface area contributed by atoms with Gasteiger partial charge in [0.15, 0.2) is 0 Å². The molecule has 0 spiro atoms. The Morgan fingerprint density at radius 1 is 1.33 bits per heavy atom. The van der Waals surface area contributed by atoms with Crippen molar-refractivity contribution in [1.29, 1.82) is 0 Å². The summed E-state index contributed by atoms with van der Waals surface area (Å²) in [7, 11) is 0. The summed E-state index contributed by atoms with van der Waals surface area (Å²) in [5.74, 6) is 0. The van der Waals surface area contributed by atoms with E-state index in [1.165, 1.54) is 12.1 Å². The van der Waals surface area contributed by atoms with Gasteiger partial charge in [-0.2, -0.15) is 13.2 Å². The second-order valence-corrected chi connectivity index (χ2v) is 3.43. The predicted molar refractivity (Wildman–Crippen MR) is 56.3 cm³/mol. The summed E-state index contributed by atoms with van der Waals surface area (Å²) in [5.41, 5.74) is 5.26. The molecule has 0 bridgehead atoms. The molecule has 0 amide bonds. The van der Waals surface area contributed by atoms with E-state index in [1.807, 2.05) is 0 Å². The van der Waals surface area contributed by atoms with Gasteiger partial charge in [-0.3, -0.25) is 0 Å². The Balaban J connectivity index is 0.00000196. The van der Waals surface area contributed by atoms with Crippen LogP contribution in [0.1, 0.15) is 24.1 Å². The third kappa shape index (κ3) is 3.55. The molecular formula is C9H10Cl2F3N. The third-order valence-corrected chi connectivity index (χ3v) is 2.14. The average molecular weight is 260 g/mol.